The number of aryl methyl sites for hydroxylation is 1. The van der Waals surface area contributed by atoms with Crippen LogP contribution in [0.15, 0.2) is 29.4 Å². The average molecular weight is 292 g/mol. The zero-order valence-corrected chi connectivity index (χ0v) is 12.4. The van der Waals surface area contributed by atoms with Gasteiger partial charge in [0, 0.05) is 13.1 Å². The molecule has 0 radical (unpaired) electrons. The Morgan fingerprint density at radius 1 is 1.45 bits per heavy atom. The smallest absolute Gasteiger partial charge is 0.230 e. The van der Waals surface area contributed by atoms with E-state index in [1.807, 2.05) is 35.8 Å². The van der Waals surface area contributed by atoms with Crippen molar-refractivity contribution in [3.63, 3.8) is 0 Å². The van der Waals surface area contributed by atoms with Crippen molar-refractivity contribution in [3.8, 4) is 11.4 Å². The van der Waals surface area contributed by atoms with Crippen molar-refractivity contribution in [2.45, 2.75) is 12.1 Å². The minimum atomic E-state index is -0.0483. The fourth-order valence-electron chi connectivity index (χ4n) is 1.69. The first-order valence-electron chi connectivity index (χ1n) is 6.05. The van der Waals surface area contributed by atoms with Crippen molar-refractivity contribution in [1.82, 2.24) is 20.1 Å². The molecule has 20 heavy (non-hydrogen) atoms. The number of hydrogen-bond donors (Lipinski definition) is 1. The second-order valence-corrected chi connectivity index (χ2v) is 4.97. The van der Waals surface area contributed by atoms with Crippen molar-refractivity contribution in [2.24, 2.45) is 0 Å². The maximum Gasteiger partial charge on any atom is 0.230 e. The SMILES string of the molecule is CNC(=O)CSc1nnc(C)n1-c1cccc(OC)c1. The standard InChI is InChI=1S/C13H16N4O2S/c1-9-15-16-13(20-8-12(18)14-2)17(9)10-5-4-6-11(7-10)19-3/h4-7H,8H2,1-3H3,(H,14,18). The number of carbonyl (C=O) groups excluding carboxylic acids is 1. The van der Waals surface area contributed by atoms with Crippen molar-refractivity contribution in [1.29, 1.82) is 0 Å². The van der Waals surface area contributed by atoms with E-state index in [1.54, 1.807) is 14.2 Å². The summed E-state index contributed by atoms with van der Waals surface area (Å²) in [5.41, 5.74) is 0.909. The van der Waals surface area contributed by atoms with E-state index in [9.17, 15) is 4.79 Å². The Morgan fingerprint density at radius 3 is 2.95 bits per heavy atom. The lowest BCUT2D eigenvalue weighted by Gasteiger charge is -2.09. The molecule has 0 saturated heterocycles. The van der Waals surface area contributed by atoms with Crippen LogP contribution in [0.2, 0.25) is 0 Å². The highest BCUT2D eigenvalue weighted by Gasteiger charge is 2.13. The van der Waals surface area contributed by atoms with Gasteiger partial charge in [-0.1, -0.05) is 17.8 Å². The summed E-state index contributed by atoms with van der Waals surface area (Å²) in [5.74, 6) is 1.78. The molecule has 106 valence electrons. The fraction of sp³-hybridized carbons (Fsp3) is 0.308. The summed E-state index contributed by atoms with van der Waals surface area (Å²) in [6, 6.07) is 7.63. The van der Waals surface area contributed by atoms with Crippen LogP contribution in [0.5, 0.6) is 5.75 Å². The number of rotatable bonds is 5. The van der Waals surface area contributed by atoms with E-state index in [1.165, 1.54) is 11.8 Å². The van der Waals surface area contributed by atoms with Gasteiger partial charge in [-0.2, -0.15) is 0 Å². The zero-order valence-electron chi connectivity index (χ0n) is 11.6. The minimum absolute atomic E-state index is 0.0483. The van der Waals surface area contributed by atoms with Crippen LogP contribution in [0.4, 0.5) is 0 Å². The first-order chi connectivity index (χ1) is 9.65. The van der Waals surface area contributed by atoms with Crippen LogP contribution in [0.25, 0.3) is 5.69 Å². The highest BCUT2D eigenvalue weighted by atomic mass is 32.2. The van der Waals surface area contributed by atoms with Gasteiger partial charge >= 0.3 is 0 Å². The molecule has 0 fully saturated rings. The summed E-state index contributed by atoms with van der Waals surface area (Å²) in [5, 5.41) is 11.4. The second-order valence-electron chi connectivity index (χ2n) is 4.03. The molecular formula is C13H16N4O2S. The number of benzene rings is 1. The van der Waals surface area contributed by atoms with Crippen LogP contribution in [0.3, 0.4) is 0 Å². The van der Waals surface area contributed by atoms with E-state index in [0.717, 1.165) is 17.3 Å². The number of nitrogens with one attached hydrogen (secondary N) is 1. The van der Waals surface area contributed by atoms with Crippen LogP contribution in [0.1, 0.15) is 5.82 Å². The quantitative estimate of drug-likeness (QED) is 0.844. The van der Waals surface area contributed by atoms with Gasteiger partial charge < -0.3 is 10.1 Å². The molecule has 1 amide bonds. The molecule has 0 spiro atoms. The lowest BCUT2D eigenvalue weighted by molar-refractivity contribution is -0.118. The average Bonchev–Trinajstić information content (AvgIpc) is 2.85. The Kier molecular flexibility index (Phi) is 4.62. The maximum atomic E-state index is 11.3. The Hall–Kier alpha value is -2.02. The zero-order chi connectivity index (χ0) is 14.5. The summed E-state index contributed by atoms with van der Waals surface area (Å²) in [6.45, 7) is 1.87. The van der Waals surface area contributed by atoms with Crippen molar-refractivity contribution in [2.75, 3.05) is 19.9 Å². The predicted molar refractivity (Wildman–Crippen MR) is 77.4 cm³/mol. The van der Waals surface area contributed by atoms with Crippen molar-refractivity contribution < 1.29 is 9.53 Å². The minimum Gasteiger partial charge on any atom is -0.497 e. The van der Waals surface area contributed by atoms with Crippen LogP contribution in [-0.2, 0) is 4.79 Å². The molecule has 1 aromatic heterocycles. The molecule has 1 aromatic carbocycles. The van der Waals surface area contributed by atoms with Crippen LogP contribution < -0.4 is 10.1 Å². The largest absolute Gasteiger partial charge is 0.497 e. The first-order valence-corrected chi connectivity index (χ1v) is 7.04. The number of aromatic nitrogens is 3. The van der Waals surface area contributed by atoms with Gasteiger partial charge in [0.25, 0.3) is 0 Å². The Labute approximate surface area is 121 Å². The summed E-state index contributed by atoms with van der Waals surface area (Å²) in [4.78, 5) is 11.3. The van der Waals surface area contributed by atoms with Gasteiger partial charge in [0.2, 0.25) is 5.91 Å². The van der Waals surface area contributed by atoms with E-state index in [4.69, 9.17) is 4.74 Å². The summed E-state index contributed by atoms with van der Waals surface area (Å²) >= 11 is 1.35. The van der Waals surface area contributed by atoms with Crippen LogP contribution in [-0.4, -0.2) is 40.6 Å². The molecule has 2 rings (SSSR count). The highest BCUT2D eigenvalue weighted by Crippen LogP contribution is 2.24. The third-order valence-corrected chi connectivity index (χ3v) is 3.65. The number of carbonyl (C=O) groups is 1. The Balaban J connectivity index is 2.30. The van der Waals surface area contributed by atoms with E-state index < -0.39 is 0 Å². The third kappa shape index (κ3) is 3.11. The van der Waals surface area contributed by atoms with E-state index >= 15 is 0 Å². The number of methoxy groups -OCH3 is 1. The molecule has 0 bridgehead atoms. The molecule has 2 aromatic rings. The van der Waals surface area contributed by atoms with Gasteiger partial charge in [-0.15, -0.1) is 10.2 Å². The molecule has 7 heteroatoms. The van der Waals surface area contributed by atoms with Gasteiger partial charge in [-0.3, -0.25) is 9.36 Å². The number of ether oxygens (including phenoxy) is 1. The van der Waals surface area contributed by atoms with Gasteiger partial charge in [-0.05, 0) is 19.1 Å². The van der Waals surface area contributed by atoms with Crippen LogP contribution >= 0.6 is 11.8 Å². The maximum absolute atomic E-state index is 11.3. The molecule has 0 saturated carbocycles. The normalized spacial score (nSPS) is 10.3. The molecule has 0 aliphatic rings. The number of hydrogen-bond acceptors (Lipinski definition) is 5. The van der Waals surface area contributed by atoms with Crippen LogP contribution in [0, 0.1) is 6.92 Å². The molecule has 1 N–H and O–H groups in total. The van der Waals surface area contributed by atoms with E-state index in [-0.39, 0.29) is 5.91 Å². The molecule has 1 heterocycles. The summed E-state index contributed by atoms with van der Waals surface area (Å²) in [7, 11) is 3.24. The number of amides is 1. The molecule has 0 aliphatic heterocycles. The van der Waals surface area contributed by atoms with Gasteiger partial charge in [-0.25, -0.2) is 0 Å². The van der Waals surface area contributed by atoms with E-state index in [2.05, 4.69) is 15.5 Å². The van der Waals surface area contributed by atoms with Gasteiger partial charge in [0.05, 0.1) is 18.6 Å². The summed E-state index contributed by atoms with van der Waals surface area (Å²) < 4.78 is 7.12. The number of thioether (sulfide) groups is 1. The monoisotopic (exact) mass is 292 g/mol. The Morgan fingerprint density at radius 2 is 2.25 bits per heavy atom. The Bertz CT molecular complexity index is 612. The lowest BCUT2D eigenvalue weighted by atomic mass is 10.3. The molecule has 0 unspecified atom stereocenters. The van der Waals surface area contributed by atoms with Crippen molar-refractivity contribution in [3.05, 3.63) is 30.1 Å². The highest BCUT2D eigenvalue weighted by molar-refractivity contribution is 7.99. The van der Waals surface area contributed by atoms with Gasteiger partial charge in [0.1, 0.15) is 11.6 Å². The second kappa shape index (κ2) is 6.42. The summed E-state index contributed by atoms with van der Waals surface area (Å²) in [6.07, 6.45) is 0. The first kappa shape index (κ1) is 14.4. The third-order valence-electron chi connectivity index (χ3n) is 2.72. The number of nitrogens with zero attached hydrogens (tertiary/aromatic N) is 3. The molecule has 6 nitrogen and oxygen atoms in total. The molecular weight excluding hydrogens is 276 g/mol. The predicted octanol–water partition coefficient (Wildman–Crippen LogP) is 1.42. The fourth-order valence-corrected chi connectivity index (χ4v) is 2.56. The van der Waals surface area contributed by atoms with Crippen molar-refractivity contribution >= 4 is 17.7 Å². The lowest BCUT2D eigenvalue weighted by Crippen LogP contribution is -2.20. The van der Waals surface area contributed by atoms with Gasteiger partial charge in [0.15, 0.2) is 5.16 Å². The molecule has 0 aliphatic carbocycles. The topological polar surface area (TPSA) is 69.0 Å². The van der Waals surface area contributed by atoms with E-state index in [0.29, 0.717) is 10.9 Å². The molecule has 0 atom stereocenters.